The van der Waals surface area contributed by atoms with Crippen molar-refractivity contribution in [3.63, 3.8) is 0 Å². The molecule has 0 aromatic heterocycles. The maximum Gasteiger partial charge on any atom is 0.123 e. The minimum Gasteiger partial charge on any atom is -0.508 e. The van der Waals surface area contributed by atoms with Crippen LogP contribution >= 0.6 is 0 Å². The lowest BCUT2D eigenvalue weighted by Crippen LogP contribution is -2.39. The van der Waals surface area contributed by atoms with Crippen LogP contribution in [0.25, 0.3) is 0 Å². The third-order valence-corrected chi connectivity index (χ3v) is 3.30. The number of phenols is 1. The van der Waals surface area contributed by atoms with E-state index in [1.54, 1.807) is 0 Å². The van der Waals surface area contributed by atoms with Gasteiger partial charge in [-0.15, -0.1) is 0 Å². The number of phenolic OH excluding ortho intramolecular Hbond substituents is 1. The van der Waals surface area contributed by atoms with Crippen molar-refractivity contribution >= 4 is 0 Å². The first-order valence-corrected chi connectivity index (χ1v) is 6.50. The second-order valence-corrected chi connectivity index (χ2v) is 4.73. The summed E-state index contributed by atoms with van der Waals surface area (Å²) in [5, 5.41) is 9.71. The van der Waals surface area contributed by atoms with Crippen molar-refractivity contribution in [3.8, 4) is 5.75 Å². The van der Waals surface area contributed by atoms with Crippen molar-refractivity contribution in [1.29, 1.82) is 0 Å². The molecule has 1 atom stereocenters. The molecule has 100 valence electrons. The van der Waals surface area contributed by atoms with Gasteiger partial charge in [-0.25, -0.2) is 4.39 Å². The molecule has 0 aliphatic carbocycles. The van der Waals surface area contributed by atoms with Crippen LogP contribution in [-0.2, 0) is 11.3 Å². The predicted molar refractivity (Wildman–Crippen MR) is 68.0 cm³/mol. The summed E-state index contributed by atoms with van der Waals surface area (Å²) in [5.74, 6) is -0.142. The van der Waals surface area contributed by atoms with Gasteiger partial charge in [0, 0.05) is 25.3 Å². The van der Waals surface area contributed by atoms with Crippen molar-refractivity contribution in [2.75, 3.05) is 19.7 Å². The SMILES string of the molecule is CCOC1CCCN(Cc2cc(F)ccc2O)C1. The summed E-state index contributed by atoms with van der Waals surface area (Å²) in [4.78, 5) is 2.21. The molecule has 1 N–H and O–H groups in total. The first-order chi connectivity index (χ1) is 8.69. The molecule has 0 bridgehead atoms. The summed E-state index contributed by atoms with van der Waals surface area (Å²) < 4.78 is 18.8. The molecule has 1 aromatic rings. The van der Waals surface area contributed by atoms with E-state index < -0.39 is 0 Å². The second-order valence-electron chi connectivity index (χ2n) is 4.73. The lowest BCUT2D eigenvalue weighted by molar-refractivity contribution is 0.00344. The summed E-state index contributed by atoms with van der Waals surface area (Å²) in [6.45, 7) is 5.12. The van der Waals surface area contributed by atoms with Crippen LogP contribution in [0.1, 0.15) is 25.3 Å². The third-order valence-electron chi connectivity index (χ3n) is 3.30. The fourth-order valence-corrected chi connectivity index (χ4v) is 2.45. The van der Waals surface area contributed by atoms with Crippen molar-refractivity contribution in [3.05, 3.63) is 29.6 Å². The molecular formula is C14H20FNO2. The van der Waals surface area contributed by atoms with E-state index in [2.05, 4.69) is 4.90 Å². The van der Waals surface area contributed by atoms with Gasteiger partial charge in [0.1, 0.15) is 11.6 Å². The molecule has 1 fully saturated rings. The van der Waals surface area contributed by atoms with Crippen LogP contribution in [0.5, 0.6) is 5.75 Å². The summed E-state index contributed by atoms with van der Waals surface area (Å²) in [7, 11) is 0. The fraction of sp³-hybridized carbons (Fsp3) is 0.571. The summed E-state index contributed by atoms with van der Waals surface area (Å²) in [6, 6.07) is 4.09. The Morgan fingerprint density at radius 1 is 1.50 bits per heavy atom. The zero-order valence-corrected chi connectivity index (χ0v) is 10.7. The monoisotopic (exact) mass is 253 g/mol. The van der Waals surface area contributed by atoms with E-state index >= 15 is 0 Å². The van der Waals surface area contributed by atoms with Gasteiger partial charge >= 0.3 is 0 Å². The summed E-state index contributed by atoms with van der Waals surface area (Å²) >= 11 is 0. The van der Waals surface area contributed by atoms with Crippen LogP contribution < -0.4 is 0 Å². The molecule has 18 heavy (non-hydrogen) atoms. The normalized spacial score (nSPS) is 21.1. The highest BCUT2D eigenvalue weighted by atomic mass is 19.1. The van der Waals surface area contributed by atoms with Gasteiger partial charge < -0.3 is 9.84 Å². The molecule has 4 heteroatoms. The van der Waals surface area contributed by atoms with Gasteiger partial charge in [-0.2, -0.15) is 0 Å². The minimum absolute atomic E-state index is 0.162. The fourth-order valence-electron chi connectivity index (χ4n) is 2.45. The number of aromatic hydroxyl groups is 1. The topological polar surface area (TPSA) is 32.7 Å². The standard InChI is InChI=1S/C14H20FNO2/c1-2-18-13-4-3-7-16(10-13)9-11-8-12(15)5-6-14(11)17/h5-6,8,13,17H,2-4,7,9-10H2,1H3. The van der Waals surface area contributed by atoms with Crippen LogP contribution in [0, 0.1) is 5.82 Å². The Morgan fingerprint density at radius 3 is 3.11 bits per heavy atom. The van der Waals surface area contributed by atoms with E-state index in [-0.39, 0.29) is 17.7 Å². The Morgan fingerprint density at radius 2 is 2.33 bits per heavy atom. The predicted octanol–water partition coefficient (Wildman–Crippen LogP) is 2.53. The molecule has 0 saturated carbocycles. The van der Waals surface area contributed by atoms with Gasteiger partial charge in [0.05, 0.1) is 6.10 Å². The quantitative estimate of drug-likeness (QED) is 0.895. The molecule has 2 rings (SSSR count). The highest BCUT2D eigenvalue weighted by molar-refractivity contribution is 5.32. The first-order valence-electron chi connectivity index (χ1n) is 6.50. The first kappa shape index (κ1) is 13.3. The van der Waals surface area contributed by atoms with Crippen LogP contribution in [0.15, 0.2) is 18.2 Å². The van der Waals surface area contributed by atoms with E-state index in [4.69, 9.17) is 4.74 Å². The number of ether oxygens (including phenoxy) is 1. The lowest BCUT2D eigenvalue weighted by atomic mass is 10.1. The van der Waals surface area contributed by atoms with Crippen LogP contribution in [0.4, 0.5) is 4.39 Å². The number of benzene rings is 1. The number of likely N-dealkylation sites (tertiary alicyclic amines) is 1. The Balaban J connectivity index is 1.98. The Hall–Kier alpha value is -1.13. The van der Waals surface area contributed by atoms with Gasteiger partial charge in [-0.1, -0.05) is 0 Å². The zero-order chi connectivity index (χ0) is 13.0. The number of hydrogen-bond acceptors (Lipinski definition) is 3. The Labute approximate surface area is 107 Å². The minimum atomic E-state index is -0.304. The molecular weight excluding hydrogens is 233 g/mol. The average Bonchev–Trinajstić information content (AvgIpc) is 2.35. The maximum absolute atomic E-state index is 13.1. The smallest absolute Gasteiger partial charge is 0.123 e. The zero-order valence-electron chi connectivity index (χ0n) is 10.7. The van der Waals surface area contributed by atoms with E-state index in [0.29, 0.717) is 12.1 Å². The van der Waals surface area contributed by atoms with E-state index in [1.165, 1.54) is 18.2 Å². The largest absolute Gasteiger partial charge is 0.508 e. The number of piperidine rings is 1. The third kappa shape index (κ3) is 3.43. The molecule has 1 aliphatic heterocycles. The molecule has 1 saturated heterocycles. The Kier molecular flexibility index (Phi) is 4.55. The van der Waals surface area contributed by atoms with Crippen molar-refractivity contribution in [2.24, 2.45) is 0 Å². The second kappa shape index (κ2) is 6.16. The van der Waals surface area contributed by atoms with Gasteiger partial charge in [0.2, 0.25) is 0 Å². The lowest BCUT2D eigenvalue weighted by Gasteiger charge is -2.32. The van der Waals surface area contributed by atoms with Crippen LogP contribution in [0.3, 0.4) is 0 Å². The molecule has 0 radical (unpaired) electrons. The summed E-state index contributed by atoms with van der Waals surface area (Å²) in [6.07, 6.45) is 2.43. The van der Waals surface area contributed by atoms with E-state index in [1.807, 2.05) is 6.92 Å². The molecule has 0 amide bonds. The molecule has 0 spiro atoms. The molecule has 1 unspecified atom stereocenters. The van der Waals surface area contributed by atoms with E-state index in [9.17, 15) is 9.50 Å². The number of rotatable bonds is 4. The van der Waals surface area contributed by atoms with Crippen molar-refractivity contribution in [1.82, 2.24) is 4.90 Å². The number of hydrogen-bond donors (Lipinski definition) is 1. The summed E-state index contributed by atoms with van der Waals surface area (Å²) in [5.41, 5.74) is 0.646. The van der Waals surface area contributed by atoms with Gasteiger partial charge in [0.15, 0.2) is 0 Å². The molecule has 1 heterocycles. The van der Waals surface area contributed by atoms with Gasteiger partial charge in [0.25, 0.3) is 0 Å². The number of halogens is 1. The average molecular weight is 253 g/mol. The van der Waals surface area contributed by atoms with Crippen LogP contribution in [0.2, 0.25) is 0 Å². The highest BCUT2D eigenvalue weighted by Crippen LogP contribution is 2.22. The molecule has 3 nitrogen and oxygen atoms in total. The molecule has 1 aliphatic rings. The maximum atomic E-state index is 13.1. The van der Waals surface area contributed by atoms with Gasteiger partial charge in [-0.05, 0) is 44.5 Å². The highest BCUT2D eigenvalue weighted by Gasteiger charge is 2.20. The molecule has 1 aromatic carbocycles. The van der Waals surface area contributed by atoms with E-state index in [0.717, 1.165) is 32.5 Å². The number of nitrogens with zero attached hydrogens (tertiary/aromatic N) is 1. The van der Waals surface area contributed by atoms with Crippen molar-refractivity contribution < 1.29 is 14.2 Å². The van der Waals surface area contributed by atoms with Gasteiger partial charge in [-0.3, -0.25) is 4.90 Å². The van der Waals surface area contributed by atoms with Crippen molar-refractivity contribution in [2.45, 2.75) is 32.4 Å². The van der Waals surface area contributed by atoms with Crippen LogP contribution in [-0.4, -0.2) is 35.8 Å². The Bertz CT molecular complexity index is 395.